The monoisotopic (exact) mass is 729 g/mol. The maximum atomic E-state index is 6.89. The van der Waals surface area contributed by atoms with Gasteiger partial charge in [-0.15, -0.1) is 0 Å². The molecule has 0 saturated carbocycles. The molecule has 9 aromatic carbocycles. The first-order valence-electron chi connectivity index (χ1n) is 19.3. The van der Waals surface area contributed by atoms with Gasteiger partial charge in [0.15, 0.2) is 0 Å². The first-order chi connectivity index (χ1) is 28.3. The molecular weight excluding hydrogens is 695 g/mol. The third-order valence-corrected chi connectivity index (χ3v) is 11.1. The quantitative estimate of drug-likeness (QED) is 0.164. The van der Waals surface area contributed by atoms with Crippen LogP contribution >= 0.6 is 0 Å². The maximum Gasteiger partial charge on any atom is 0.143 e. The lowest BCUT2D eigenvalue weighted by Gasteiger charge is -2.26. The van der Waals surface area contributed by atoms with E-state index in [9.17, 15) is 0 Å². The van der Waals surface area contributed by atoms with Gasteiger partial charge in [-0.3, -0.25) is 0 Å². The van der Waals surface area contributed by atoms with Crippen LogP contribution in [0.25, 0.3) is 88.4 Å². The van der Waals surface area contributed by atoms with Crippen LogP contribution in [0.4, 0.5) is 17.1 Å². The summed E-state index contributed by atoms with van der Waals surface area (Å²) in [4.78, 5) is 2.32. The van der Waals surface area contributed by atoms with Crippen LogP contribution < -0.4 is 4.90 Å². The first kappa shape index (κ1) is 32.8. The molecule has 0 bridgehead atoms. The minimum Gasteiger partial charge on any atom is -0.456 e. The molecular formula is C54H35NO2. The Hall–Kier alpha value is -7.62. The van der Waals surface area contributed by atoms with Crippen LogP contribution in [0.5, 0.6) is 0 Å². The van der Waals surface area contributed by atoms with Gasteiger partial charge in [0.25, 0.3) is 0 Å². The number of furan rings is 2. The zero-order valence-corrected chi connectivity index (χ0v) is 31.0. The summed E-state index contributed by atoms with van der Waals surface area (Å²) in [5.41, 5.74) is 15.8. The van der Waals surface area contributed by atoms with Crippen LogP contribution in [-0.4, -0.2) is 0 Å². The molecule has 268 valence electrons. The van der Waals surface area contributed by atoms with E-state index in [-0.39, 0.29) is 0 Å². The second-order valence-corrected chi connectivity index (χ2v) is 14.5. The molecule has 0 fully saturated rings. The number of hydrogen-bond donors (Lipinski definition) is 0. The van der Waals surface area contributed by atoms with Crippen molar-refractivity contribution in [1.82, 2.24) is 0 Å². The van der Waals surface area contributed by atoms with E-state index in [0.717, 1.165) is 83.2 Å². The number of hydrogen-bond acceptors (Lipinski definition) is 3. The fourth-order valence-electron chi connectivity index (χ4n) is 8.37. The molecule has 0 saturated heterocycles. The fourth-order valence-corrected chi connectivity index (χ4v) is 8.37. The summed E-state index contributed by atoms with van der Waals surface area (Å²) in [5, 5.41) is 4.34. The van der Waals surface area contributed by atoms with Gasteiger partial charge in [0.2, 0.25) is 0 Å². The lowest BCUT2D eigenvalue weighted by atomic mass is 9.93. The van der Waals surface area contributed by atoms with Gasteiger partial charge in [0, 0.05) is 44.2 Å². The van der Waals surface area contributed by atoms with Gasteiger partial charge >= 0.3 is 0 Å². The van der Waals surface area contributed by atoms with Crippen molar-refractivity contribution in [3.8, 4) is 44.5 Å². The summed E-state index contributed by atoms with van der Waals surface area (Å²) in [7, 11) is 0. The second kappa shape index (κ2) is 13.6. The molecule has 0 aliphatic heterocycles. The van der Waals surface area contributed by atoms with Crippen LogP contribution in [0.3, 0.4) is 0 Å². The van der Waals surface area contributed by atoms with Crippen molar-refractivity contribution in [3.05, 3.63) is 212 Å². The van der Waals surface area contributed by atoms with Crippen LogP contribution in [0.2, 0.25) is 0 Å². The van der Waals surface area contributed by atoms with Crippen molar-refractivity contribution < 1.29 is 8.83 Å². The lowest BCUT2D eigenvalue weighted by Crippen LogP contribution is -2.09. The Morgan fingerprint density at radius 2 is 0.684 bits per heavy atom. The smallest absolute Gasteiger partial charge is 0.143 e. The van der Waals surface area contributed by atoms with Gasteiger partial charge in [-0.25, -0.2) is 0 Å². The van der Waals surface area contributed by atoms with Gasteiger partial charge in [-0.05, 0) is 99.6 Å². The molecule has 3 nitrogen and oxygen atoms in total. The highest BCUT2D eigenvalue weighted by atomic mass is 16.3. The molecule has 2 heterocycles. The highest BCUT2D eigenvalue weighted by molar-refractivity contribution is 6.29. The van der Waals surface area contributed by atoms with Crippen LogP contribution in [-0.2, 0) is 0 Å². The lowest BCUT2D eigenvalue weighted by molar-refractivity contribution is 0.663. The van der Waals surface area contributed by atoms with E-state index in [1.807, 2.05) is 24.3 Å². The van der Waals surface area contributed by atoms with Crippen molar-refractivity contribution in [3.63, 3.8) is 0 Å². The van der Waals surface area contributed by atoms with Gasteiger partial charge in [0.1, 0.15) is 22.3 Å². The highest BCUT2D eigenvalue weighted by Gasteiger charge is 2.22. The Kier molecular flexibility index (Phi) is 7.82. The Bertz CT molecular complexity index is 3100. The molecule has 0 unspecified atom stereocenters. The third kappa shape index (κ3) is 5.68. The largest absolute Gasteiger partial charge is 0.456 e. The van der Waals surface area contributed by atoms with E-state index in [0.29, 0.717) is 0 Å². The molecule has 0 amide bonds. The van der Waals surface area contributed by atoms with Crippen molar-refractivity contribution in [2.45, 2.75) is 0 Å². The standard InChI is InChI=1S/C54H35NO2/c1-4-12-36(13-5-1)38-20-26-42(27-21-38)55(43-28-22-39(23-29-43)37-14-6-2-7-15-37)44-30-24-41(25-31-44)46-33-32-45(40-16-8-3-9-17-40)52-53-50(57-54(46)52)35-34-49-51(53)47-18-10-11-19-48(47)56-49/h1-35H. The van der Waals surface area contributed by atoms with Gasteiger partial charge in [-0.2, -0.15) is 0 Å². The molecule has 0 spiro atoms. The normalized spacial score (nSPS) is 11.5. The Balaban J connectivity index is 1.05. The average molecular weight is 730 g/mol. The van der Waals surface area contributed by atoms with Crippen LogP contribution in [0.1, 0.15) is 0 Å². The highest BCUT2D eigenvalue weighted by Crippen LogP contribution is 2.47. The van der Waals surface area contributed by atoms with Crippen molar-refractivity contribution in [2.24, 2.45) is 0 Å². The maximum absolute atomic E-state index is 6.89. The third-order valence-electron chi connectivity index (χ3n) is 11.1. The van der Waals surface area contributed by atoms with E-state index in [1.165, 1.54) is 22.3 Å². The van der Waals surface area contributed by atoms with E-state index in [1.54, 1.807) is 0 Å². The van der Waals surface area contributed by atoms with Crippen molar-refractivity contribution >= 4 is 60.9 Å². The molecule has 11 aromatic rings. The Morgan fingerprint density at radius 3 is 1.25 bits per heavy atom. The van der Waals surface area contributed by atoms with Crippen LogP contribution in [0, 0.1) is 0 Å². The fraction of sp³-hybridized carbons (Fsp3) is 0. The number of fused-ring (bicyclic) bond motifs is 7. The van der Waals surface area contributed by atoms with Gasteiger partial charge in [0.05, 0.1) is 0 Å². The molecule has 3 heteroatoms. The van der Waals surface area contributed by atoms with Gasteiger partial charge < -0.3 is 13.7 Å². The second-order valence-electron chi connectivity index (χ2n) is 14.5. The number of nitrogens with zero attached hydrogens (tertiary/aromatic N) is 1. The summed E-state index contributed by atoms with van der Waals surface area (Å²) in [6.45, 7) is 0. The van der Waals surface area contributed by atoms with E-state index in [4.69, 9.17) is 8.83 Å². The first-order valence-corrected chi connectivity index (χ1v) is 19.3. The SMILES string of the molecule is c1ccc(-c2ccc(N(c3ccc(-c4ccccc4)cc3)c3ccc(-c4ccc(-c5ccccc5)c5c4oc4ccc6oc7ccccc7c6c45)cc3)cc2)cc1. The summed E-state index contributed by atoms with van der Waals surface area (Å²) in [5.74, 6) is 0. The van der Waals surface area contributed by atoms with Gasteiger partial charge in [-0.1, -0.05) is 152 Å². The summed E-state index contributed by atoms with van der Waals surface area (Å²) in [6, 6.07) is 74.9. The molecule has 0 N–H and O–H groups in total. The number of para-hydroxylation sites is 1. The van der Waals surface area contributed by atoms with Crippen LogP contribution in [0.15, 0.2) is 221 Å². The number of benzene rings is 9. The Labute approximate surface area is 330 Å². The summed E-state index contributed by atoms with van der Waals surface area (Å²) >= 11 is 0. The molecule has 0 atom stereocenters. The number of anilines is 3. The molecule has 0 radical (unpaired) electrons. The molecule has 0 aliphatic rings. The Morgan fingerprint density at radius 1 is 0.263 bits per heavy atom. The predicted octanol–water partition coefficient (Wildman–Crippen LogP) is 15.6. The topological polar surface area (TPSA) is 29.5 Å². The zero-order valence-electron chi connectivity index (χ0n) is 31.0. The molecule has 57 heavy (non-hydrogen) atoms. The predicted molar refractivity (Wildman–Crippen MR) is 237 cm³/mol. The average Bonchev–Trinajstić information content (AvgIpc) is 3.87. The van der Waals surface area contributed by atoms with E-state index >= 15 is 0 Å². The van der Waals surface area contributed by atoms with Crippen molar-refractivity contribution in [1.29, 1.82) is 0 Å². The zero-order chi connectivity index (χ0) is 37.7. The summed E-state index contributed by atoms with van der Waals surface area (Å²) < 4.78 is 13.2. The van der Waals surface area contributed by atoms with E-state index < -0.39 is 0 Å². The van der Waals surface area contributed by atoms with Crippen molar-refractivity contribution in [2.75, 3.05) is 4.90 Å². The minimum absolute atomic E-state index is 0.842. The molecule has 0 aliphatic carbocycles. The van der Waals surface area contributed by atoms with E-state index in [2.05, 4.69) is 193 Å². The molecule has 11 rings (SSSR count). The molecule has 2 aromatic heterocycles. The minimum atomic E-state index is 0.842. The summed E-state index contributed by atoms with van der Waals surface area (Å²) in [6.07, 6.45) is 0. The number of rotatable bonds is 7.